The van der Waals surface area contributed by atoms with E-state index in [1.165, 1.54) is 13.5 Å². The predicted octanol–water partition coefficient (Wildman–Crippen LogP) is 2.95. The molecule has 2 aromatic rings. The number of likely N-dealkylation sites (tertiary alicyclic amines) is 1. The third-order valence-electron chi connectivity index (χ3n) is 4.62. The molecule has 6 heteroatoms. The highest BCUT2D eigenvalue weighted by Gasteiger charge is 2.21. The van der Waals surface area contributed by atoms with E-state index in [4.69, 9.17) is 4.74 Å². The van der Waals surface area contributed by atoms with Crippen LogP contribution in [-0.2, 0) is 13.1 Å². The molecule has 3 rings (SSSR count). The largest absolute Gasteiger partial charge is 0.494 e. The predicted molar refractivity (Wildman–Crippen MR) is 90.4 cm³/mol. The summed E-state index contributed by atoms with van der Waals surface area (Å²) in [4.78, 5) is 6.77. The molecule has 2 heterocycles. The van der Waals surface area contributed by atoms with Crippen molar-refractivity contribution in [3.8, 4) is 5.75 Å². The maximum atomic E-state index is 13.9. The number of aryl methyl sites for hydroxylation is 2. The summed E-state index contributed by atoms with van der Waals surface area (Å²) in [7, 11) is 1.49. The normalized spacial score (nSPS) is 18.8. The van der Waals surface area contributed by atoms with E-state index in [1.807, 2.05) is 24.6 Å². The standard InChI is InChI=1S/C18H25FN4O/c1-13-20-14(2)23(21-13)12-16-5-4-8-22(11-16)10-15-6-7-18(24-3)17(19)9-15/h6-7,9,16H,4-5,8,10-12H2,1-3H3/t16-/m0/s1. The fourth-order valence-electron chi connectivity index (χ4n) is 3.49. The van der Waals surface area contributed by atoms with Gasteiger partial charge in [0, 0.05) is 19.6 Å². The molecule has 1 saturated heterocycles. The van der Waals surface area contributed by atoms with Crippen molar-refractivity contribution in [1.29, 1.82) is 0 Å². The average molecular weight is 332 g/mol. The summed E-state index contributed by atoms with van der Waals surface area (Å²) in [6.07, 6.45) is 2.36. The Labute approximate surface area is 142 Å². The van der Waals surface area contributed by atoms with Gasteiger partial charge in [0.25, 0.3) is 0 Å². The third kappa shape index (κ3) is 3.93. The Hall–Kier alpha value is -1.95. The van der Waals surface area contributed by atoms with E-state index in [2.05, 4.69) is 15.0 Å². The Morgan fingerprint density at radius 2 is 2.17 bits per heavy atom. The number of benzene rings is 1. The smallest absolute Gasteiger partial charge is 0.165 e. The van der Waals surface area contributed by atoms with Crippen molar-refractivity contribution in [3.05, 3.63) is 41.2 Å². The first-order valence-electron chi connectivity index (χ1n) is 8.48. The van der Waals surface area contributed by atoms with Gasteiger partial charge in [-0.1, -0.05) is 6.07 Å². The first-order valence-corrected chi connectivity index (χ1v) is 8.48. The van der Waals surface area contributed by atoms with Gasteiger partial charge in [-0.3, -0.25) is 4.90 Å². The first-order chi connectivity index (χ1) is 11.5. The van der Waals surface area contributed by atoms with Crippen LogP contribution < -0.4 is 4.74 Å². The lowest BCUT2D eigenvalue weighted by Gasteiger charge is -2.32. The fourth-order valence-corrected chi connectivity index (χ4v) is 3.49. The zero-order chi connectivity index (χ0) is 17.1. The molecular weight excluding hydrogens is 307 g/mol. The van der Waals surface area contributed by atoms with Crippen molar-refractivity contribution in [2.45, 2.75) is 39.8 Å². The number of nitrogens with zero attached hydrogens (tertiary/aromatic N) is 4. The van der Waals surface area contributed by atoms with Crippen LogP contribution in [0.25, 0.3) is 0 Å². The van der Waals surface area contributed by atoms with Crippen LogP contribution in [0.3, 0.4) is 0 Å². The molecular formula is C18H25FN4O. The lowest BCUT2D eigenvalue weighted by atomic mass is 9.97. The van der Waals surface area contributed by atoms with Crippen LogP contribution in [0.4, 0.5) is 4.39 Å². The Balaban J connectivity index is 1.61. The van der Waals surface area contributed by atoms with Crippen molar-refractivity contribution in [3.63, 3.8) is 0 Å². The topological polar surface area (TPSA) is 43.2 Å². The molecule has 0 bridgehead atoms. The average Bonchev–Trinajstić information content (AvgIpc) is 2.85. The van der Waals surface area contributed by atoms with E-state index >= 15 is 0 Å². The number of halogens is 1. The summed E-state index contributed by atoms with van der Waals surface area (Å²) in [5.74, 6) is 2.36. The number of aromatic nitrogens is 3. The number of hydrogen-bond donors (Lipinski definition) is 0. The molecule has 5 nitrogen and oxygen atoms in total. The minimum absolute atomic E-state index is 0.294. The fraction of sp³-hybridized carbons (Fsp3) is 0.556. The van der Waals surface area contributed by atoms with Gasteiger partial charge in [0.1, 0.15) is 11.6 Å². The van der Waals surface area contributed by atoms with Crippen LogP contribution >= 0.6 is 0 Å². The van der Waals surface area contributed by atoms with Gasteiger partial charge in [-0.2, -0.15) is 5.10 Å². The van der Waals surface area contributed by atoms with E-state index in [1.54, 1.807) is 12.1 Å². The SMILES string of the molecule is COc1ccc(CN2CCC[C@H](Cn3nc(C)nc3C)C2)cc1F. The van der Waals surface area contributed by atoms with Gasteiger partial charge in [0.05, 0.1) is 7.11 Å². The molecule has 1 aliphatic heterocycles. The first kappa shape index (κ1) is 16.9. The minimum atomic E-state index is -0.294. The summed E-state index contributed by atoms with van der Waals surface area (Å²) < 4.78 is 20.8. The lowest BCUT2D eigenvalue weighted by molar-refractivity contribution is 0.152. The Kier molecular flexibility index (Phi) is 5.14. The van der Waals surface area contributed by atoms with Crippen molar-refractivity contribution in [2.24, 2.45) is 5.92 Å². The molecule has 130 valence electrons. The van der Waals surface area contributed by atoms with Gasteiger partial charge in [-0.05, 0) is 56.8 Å². The van der Waals surface area contributed by atoms with Crippen molar-refractivity contribution >= 4 is 0 Å². The molecule has 0 radical (unpaired) electrons. The molecule has 1 fully saturated rings. The van der Waals surface area contributed by atoms with Gasteiger partial charge < -0.3 is 4.74 Å². The lowest BCUT2D eigenvalue weighted by Crippen LogP contribution is -2.36. The summed E-state index contributed by atoms with van der Waals surface area (Å²) in [5, 5.41) is 4.47. The second-order valence-electron chi connectivity index (χ2n) is 6.60. The monoisotopic (exact) mass is 332 g/mol. The number of methoxy groups -OCH3 is 1. The minimum Gasteiger partial charge on any atom is -0.494 e. The molecule has 1 aliphatic rings. The molecule has 0 saturated carbocycles. The van der Waals surface area contributed by atoms with E-state index in [9.17, 15) is 4.39 Å². The van der Waals surface area contributed by atoms with Gasteiger partial charge in [-0.25, -0.2) is 14.1 Å². The number of piperidine rings is 1. The Morgan fingerprint density at radius 1 is 1.33 bits per heavy atom. The van der Waals surface area contributed by atoms with Crippen LogP contribution in [0.1, 0.15) is 30.1 Å². The molecule has 24 heavy (non-hydrogen) atoms. The Bertz CT molecular complexity index is 700. The quantitative estimate of drug-likeness (QED) is 0.844. The van der Waals surface area contributed by atoms with E-state index in [0.29, 0.717) is 11.7 Å². The molecule has 1 atom stereocenters. The second-order valence-corrected chi connectivity index (χ2v) is 6.60. The third-order valence-corrected chi connectivity index (χ3v) is 4.62. The highest BCUT2D eigenvalue weighted by molar-refractivity contribution is 5.29. The van der Waals surface area contributed by atoms with Crippen LogP contribution in [0, 0.1) is 25.6 Å². The van der Waals surface area contributed by atoms with Crippen molar-refractivity contribution < 1.29 is 9.13 Å². The molecule has 0 N–H and O–H groups in total. The summed E-state index contributed by atoms with van der Waals surface area (Å²) >= 11 is 0. The molecule has 0 amide bonds. The van der Waals surface area contributed by atoms with Crippen LogP contribution in [0.15, 0.2) is 18.2 Å². The molecule has 0 unspecified atom stereocenters. The summed E-state index contributed by atoms with van der Waals surface area (Å²) in [5.41, 5.74) is 0.988. The van der Waals surface area contributed by atoms with Crippen molar-refractivity contribution in [1.82, 2.24) is 19.7 Å². The van der Waals surface area contributed by atoms with Gasteiger partial charge in [0.15, 0.2) is 11.6 Å². The number of rotatable bonds is 5. The van der Waals surface area contributed by atoms with Crippen LogP contribution in [-0.4, -0.2) is 39.9 Å². The van der Waals surface area contributed by atoms with E-state index < -0.39 is 0 Å². The van der Waals surface area contributed by atoms with E-state index in [0.717, 1.165) is 49.8 Å². The van der Waals surface area contributed by atoms with Crippen LogP contribution in [0.5, 0.6) is 5.75 Å². The zero-order valence-electron chi connectivity index (χ0n) is 14.6. The van der Waals surface area contributed by atoms with Gasteiger partial charge in [-0.15, -0.1) is 0 Å². The number of ether oxygens (including phenoxy) is 1. The molecule has 0 spiro atoms. The van der Waals surface area contributed by atoms with Gasteiger partial charge in [0.2, 0.25) is 0 Å². The second kappa shape index (κ2) is 7.30. The van der Waals surface area contributed by atoms with Gasteiger partial charge >= 0.3 is 0 Å². The maximum absolute atomic E-state index is 13.9. The highest BCUT2D eigenvalue weighted by atomic mass is 19.1. The highest BCUT2D eigenvalue weighted by Crippen LogP contribution is 2.23. The van der Waals surface area contributed by atoms with Crippen LogP contribution in [0.2, 0.25) is 0 Å². The Morgan fingerprint density at radius 3 is 2.83 bits per heavy atom. The van der Waals surface area contributed by atoms with E-state index in [-0.39, 0.29) is 5.82 Å². The molecule has 1 aromatic carbocycles. The number of hydrogen-bond acceptors (Lipinski definition) is 4. The molecule has 1 aromatic heterocycles. The molecule has 0 aliphatic carbocycles. The summed E-state index contributed by atoms with van der Waals surface area (Å²) in [6.45, 7) is 7.66. The zero-order valence-corrected chi connectivity index (χ0v) is 14.6. The summed E-state index contributed by atoms with van der Waals surface area (Å²) in [6, 6.07) is 5.22. The maximum Gasteiger partial charge on any atom is 0.165 e. The van der Waals surface area contributed by atoms with Crippen molar-refractivity contribution in [2.75, 3.05) is 20.2 Å².